The summed E-state index contributed by atoms with van der Waals surface area (Å²) in [6.45, 7) is 11.5. The Labute approximate surface area is 276 Å². The van der Waals surface area contributed by atoms with Crippen LogP contribution >= 0.6 is 0 Å². The molecule has 47 heavy (non-hydrogen) atoms. The summed E-state index contributed by atoms with van der Waals surface area (Å²) >= 11 is 0. The van der Waals surface area contributed by atoms with Gasteiger partial charge in [-0.25, -0.2) is 14.8 Å². The van der Waals surface area contributed by atoms with Gasteiger partial charge in [0.1, 0.15) is 5.75 Å². The second-order valence-electron chi connectivity index (χ2n) is 13.0. The maximum absolute atomic E-state index is 12.3. The monoisotopic (exact) mass is 639 g/mol. The summed E-state index contributed by atoms with van der Waals surface area (Å²) in [5, 5.41) is 9.16. The third-order valence-electron chi connectivity index (χ3n) is 10.0. The minimum Gasteiger partial charge on any atom is -0.494 e. The Kier molecular flexibility index (Phi) is 9.12. The predicted molar refractivity (Wildman–Crippen MR) is 184 cm³/mol. The summed E-state index contributed by atoms with van der Waals surface area (Å²) in [5.74, 6) is 1.87. The van der Waals surface area contributed by atoms with E-state index in [1.165, 1.54) is 29.8 Å². The van der Waals surface area contributed by atoms with Gasteiger partial charge in [0, 0.05) is 94.6 Å². The molecular formula is C35H45N9O3. The second kappa shape index (κ2) is 13.7. The number of carbonyl (C=O) groups is 2. The SMILES string of the molecule is COc1cc(N2CCC(CN3CCN(c4ccc(N5CCC(=O)NC5=O)c(C)c4)CC3)CC2)ccc1Nc1ncc2c(n1)CNCC2. The number of nitrogens with zero attached hydrogens (tertiary/aromatic N) is 6. The number of hydrogen-bond donors (Lipinski definition) is 3. The van der Waals surface area contributed by atoms with Gasteiger partial charge in [0.05, 0.1) is 18.5 Å². The van der Waals surface area contributed by atoms with Crippen LogP contribution in [0, 0.1) is 12.8 Å². The summed E-state index contributed by atoms with van der Waals surface area (Å²) in [6, 6.07) is 12.3. The molecule has 1 aromatic heterocycles. The van der Waals surface area contributed by atoms with Gasteiger partial charge in [-0.3, -0.25) is 19.9 Å². The molecule has 0 atom stereocenters. The van der Waals surface area contributed by atoms with Crippen LogP contribution in [-0.2, 0) is 17.8 Å². The van der Waals surface area contributed by atoms with E-state index in [-0.39, 0.29) is 11.9 Å². The largest absolute Gasteiger partial charge is 0.494 e. The van der Waals surface area contributed by atoms with E-state index in [2.05, 4.69) is 66.0 Å². The minimum atomic E-state index is -0.336. The minimum absolute atomic E-state index is 0.210. The van der Waals surface area contributed by atoms with Gasteiger partial charge in [-0.1, -0.05) is 0 Å². The number of benzene rings is 2. The maximum Gasteiger partial charge on any atom is 0.328 e. The first-order valence-electron chi connectivity index (χ1n) is 16.9. The molecule has 0 bridgehead atoms. The lowest BCUT2D eigenvalue weighted by molar-refractivity contribution is -0.120. The number of carbonyl (C=O) groups excluding carboxylic acids is 2. The fourth-order valence-electron chi connectivity index (χ4n) is 7.26. The van der Waals surface area contributed by atoms with Gasteiger partial charge in [0.15, 0.2) is 0 Å². The summed E-state index contributed by atoms with van der Waals surface area (Å²) in [7, 11) is 1.71. The number of methoxy groups -OCH3 is 1. The Hall–Kier alpha value is -4.42. The highest BCUT2D eigenvalue weighted by Crippen LogP contribution is 2.34. The number of amides is 3. The molecule has 3 fully saturated rings. The highest BCUT2D eigenvalue weighted by Gasteiger charge is 2.27. The first-order valence-corrected chi connectivity index (χ1v) is 16.9. The summed E-state index contributed by atoms with van der Waals surface area (Å²) in [6.07, 6.45) is 5.58. The molecule has 0 saturated carbocycles. The number of aromatic nitrogens is 2. The summed E-state index contributed by atoms with van der Waals surface area (Å²) in [4.78, 5) is 42.3. The molecule has 12 heteroatoms. The van der Waals surface area contributed by atoms with Crippen molar-refractivity contribution in [3.05, 3.63) is 59.4 Å². The number of imide groups is 1. The number of hydrogen-bond acceptors (Lipinski definition) is 10. The third-order valence-corrected chi connectivity index (χ3v) is 10.0. The predicted octanol–water partition coefficient (Wildman–Crippen LogP) is 3.67. The normalized spacial score (nSPS) is 19.4. The van der Waals surface area contributed by atoms with Crippen LogP contribution in [0.15, 0.2) is 42.6 Å². The van der Waals surface area contributed by atoms with Crippen molar-refractivity contribution in [3.8, 4) is 5.75 Å². The Morgan fingerprint density at radius 1 is 0.936 bits per heavy atom. The molecule has 2 aromatic carbocycles. The van der Waals surface area contributed by atoms with Gasteiger partial charge in [-0.05, 0) is 80.1 Å². The molecule has 3 N–H and O–H groups in total. The molecule has 4 aliphatic heterocycles. The van der Waals surface area contributed by atoms with Crippen molar-refractivity contribution >= 4 is 40.6 Å². The van der Waals surface area contributed by atoms with Crippen molar-refractivity contribution in [2.75, 3.05) is 86.0 Å². The standard InChI is InChI=1S/C35H45N9O3/c1-24-19-27(4-6-31(24)44-14-10-33(45)40-35(44)46)43-17-15-41(16-18-43)23-25-8-12-42(13-9-25)28-3-5-29(32(20-28)47-2)38-34-37-21-26-7-11-36-22-30(26)39-34/h3-6,19-21,25,36H,7-18,22-23H2,1-2H3,(H,37,38,39)(H,40,45,46). The van der Waals surface area contributed by atoms with Crippen LogP contribution in [0.3, 0.4) is 0 Å². The summed E-state index contributed by atoms with van der Waals surface area (Å²) < 4.78 is 5.77. The molecule has 248 valence electrons. The van der Waals surface area contributed by atoms with Crippen molar-refractivity contribution in [1.29, 1.82) is 0 Å². The topological polar surface area (TPSA) is 118 Å². The number of piperazine rings is 1. The molecule has 0 radical (unpaired) electrons. The number of nitrogens with one attached hydrogen (secondary N) is 3. The molecular weight excluding hydrogens is 594 g/mol. The van der Waals surface area contributed by atoms with E-state index in [1.54, 1.807) is 12.0 Å². The van der Waals surface area contributed by atoms with Crippen LogP contribution in [0.1, 0.15) is 36.1 Å². The van der Waals surface area contributed by atoms with Crippen LogP contribution in [0.4, 0.5) is 33.5 Å². The molecule has 3 aromatic rings. The third kappa shape index (κ3) is 6.98. The van der Waals surface area contributed by atoms with Crippen molar-refractivity contribution < 1.29 is 14.3 Å². The van der Waals surface area contributed by atoms with E-state index >= 15 is 0 Å². The number of piperidine rings is 1. The van der Waals surface area contributed by atoms with Crippen LogP contribution < -0.4 is 35.4 Å². The molecule has 7 rings (SSSR count). The van der Waals surface area contributed by atoms with E-state index in [4.69, 9.17) is 9.72 Å². The fraction of sp³-hybridized carbons (Fsp3) is 0.486. The highest BCUT2D eigenvalue weighted by molar-refractivity contribution is 6.06. The van der Waals surface area contributed by atoms with E-state index in [9.17, 15) is 9.59 Å². The van der Waals surface area contributed by atoms with Crippen molar-refractivity contribution in [1.82, 2.24) is 25.5 Å². The Morgan fingerprint density at radius 3 is 2.47 bits per heavy atom. The van der Waals surface area contributed by atoms with E-state index in [0.717, 1.165) is 93.7 Å². The lowest BCUT2D eigenvalue weighted by Crippen LogP contribution is -2.50. The highest BCUT2D eigenvalue weighted by atomic mass is 16.5. The van der Waals surface area contributed by atoms with Crippen molar-refractivity contribution in [2.24, 2.45) is 5.92 Å². The van der Waals surface area contributed by atoms with Gasteiger partial charge in [0.2, 0.25) is 11.9 Å². The number of ether oxygens (including phenoxy) is 1. The molecule has 3 saturated heterocycles. The summed E-state index contributed by atoms with van der Waals surface area (Å²) in [5.41, 5.74) is 7.43. The van der Waals surface area contributed by atoms with Crippen LogP contribution in [0.5, 0.6) is 5.75 Å². The fourth-order valence-corrected chi connectivity index (χ4v) is 7.26. The number of rotatable bonds is 8. The Morgan fingerprint density at radius 2 is 1.70 bits per heavy atom. The second-order valence-corrected chi connectivity index (χ2v) is 13.0. The molecule has 0 unspecified atom stereocenters. The zero-order chi connectivity index (χ0) is 32.3. The first kappa shape index (κ1) is 31.2. The maximum atomic E-state index is 12.3. The smallest absolute Gasteiger partial charge is 0.328 e. The van der Waals surface area contributed by atoms with Gasteiger partial charge in [0.25, 0.3) is 0 Å². The molecule has 12 nitrogen and oxygen atoms in total. The molecule has 3 amide bonds. The van der Waals surface area contributed by atoms with Gasteiger partial charge in [-0.15, -0.1) is 0 Å². The lowest BCUT2D eigenvalue weighted by atomic mass is 9.95. The van der Waals surface area contributed by atoms with Crippen LogP contribution in [0.25, 0.3) is 0 Å². The van der Waals surface area contributed by atoms with E-state index < -0.39 is 0 Å². The number of fused-ring (bicyclic) bond motifs is 1. The van der Waals surface area contributed by atoms with E-state index in [0.29, 0.717) is 24.8 Å². The van der Waals surface area contributed by atoms with E-state index in [1.807, 2.05) is 19.2 Å². The van der Waals surface area contributed by atoms with Crippen molar-refractivity contribution in [3.63, 3.8) is 0 Å². The van der Waals surface area contributed by atoms with Gasteiger partial charge in [-0.2, -0.15) is 0 Å². The average Bonchev–Trinajstić information content (AvgIpc) is 3.09. The number of urea groups is 1. The average molecular weight is 640 g/mol. The molecule has 5 heterocycles. The molecule has 4 aliphatic rings. The zero-order valence-corrected chi connectivity index (χ0v) is 27.4. The molecule has 0 spiro atoms. The van der Waals surface area contributed by atoms with Crippen LogP contribution in [0.2, 0.25) is 0 Å². The number of anilines is 5. The van der Waals surface area contributed by atoms with Gasteiger partial charge < -0.3 is 25.2 Å². The quantitative estimate of drug-likeness (QED) is 0.337. The zero-order valence-electron chi connectivity index (χ0n) is 27.4. The Balaban J connectivity index is 0.885. The first-order chi connectivity index (χ1) is 22.9. The van der Waals surface area contributed by atoms with Gasteiger partial charge >= 0.3 is 6.03 Å². The van der Waals surface area contributed by atoms with Crippen LogP contribution in [-0.4, -0.2) is 92.8 Å². The number of aryl methyl sites for hydroxylation is 1. The Bertz CT molecular complexity index is 1620. The lowest BCUT2D eigenvalue weighted by Gasteiger charge is -2.40. The molecule has 0 aliphatic carbocycles. The van der Waals surface area contributed by atoms with Crippen molar-refractivity contribution in [2.45, 2.75) is 39.2 Å².